The van der Waals surface area contributed by atoms with Crippen molar-refractivity contribution in [3.63, 3.8) is 0 Å². The standard InChI is InChI=1S/C17H22ClN5OS.ClH/c1-12-16(21-22-23(12)14-6-8-19-9-7-14)17(24)20-10-11-25-15-4-2-13(18)3-5-15;/h2-5,14,19H,6-11H2,1H3,(H,20,24);1H. The maximum atomic E-state index is 12.4. The van der Waals surface area contributed by atoms with E-state index in [4.69, 9.17) is 11.6 Å². The van der Waals surface area contributed by atoms with Crippen LogP contribution < -0.4 is 10.6 Å². The Hall–Kier alpha value is -1.28. The van der Waals surface area contributed by atoms with Crippen molar-refractivity contribution in [3.8, 4) is 0 Å². The van der Waals surface area contributed by atoms with E-state index >= 15 is 0 Å². The molecule has 0 radical (unpaired) electrons. The number of thioether (sulfide) groups is 1. The van der Waals surface area contributed by atoms with Gasteiger partial charge in [0, 0.05) is 22.2 Å². The monoisotopic (exact) mass is 415 g/mol. The molecule has 6 nitrogen and oxygen atoms in total. The van der Waals surface area contributed by atoms with Crippen LogP contribution in [0.2, 0.25) is 5.02 Å². The van der Waals surface area contributed by atoms with Crippen LogP contribution in [0.1, 0.15) is 35.1 Å². The molecule has 1 aromatic heterocycles. The molecule has 2 heterocycles. The summed E-state index contributed by atoms with van der Waals surface area (Å²) in [6.07, 6.45) is 2.03. The van der Waals surface area contributed by atoms with Crippen LogP contribution in [0.25, 0.3) is 0 Å². The maximum absolute atomic E-state index is 12.4. The zero-order chi connectivity index (χ0) is 17.6. The first kappa shape index (κ1) is 21.0. The molecule has 1 aromatic carbocycles. The smallest absolute Gasteiger partial charge is 0.273 e. The average molecular weight is 416 g/mol. The molecule has 1 fully saturated rings. The van der Waals surface area contributed by atoms with E-state index in [-0.39, 0.29) is 18.3 Å². The van der Waals surface area contributed by atoms with Crippen LogP contribution in [-0.2, 0) is 0 Å². The van der Waals surface area contributed by atoms with Crippen molar-refractivity contribution >= 4 is 41.7 Å². The molecule has 142 valence electrons. The third kappa shape index (κ3) is 5.36. The molecule has 0 atom stereocenters. The van der Waals surface area contributed by atoms with Gasteiger partial charge in [0.15, 0.2) is 5.69 Å². The van der Waals surface area contributed by atoms with E-state index in [0.717, 1.165) is 47.3 Å². The summed E-state index contributed by atoms with van der Waals surface area (Å²) in [5.74, 6) is 0.629. The zero-order valence-electron chi connectivity index (χ0n) is 14.6. The molecule has 2 N–H and O–H groups in total. The Morgan fingerprint density at radius 3 is 2.73 bits per heavy atom. The van der Waals surface area contributed by atoms with Gasteiger partial charge in [-0.25, -0.2) is 4.68 Å². The number of rotatable bonds is 6. The molecule has 9 heteroatoms. The minimum absolute atomic E-state index is 0. The molecule has 3 rings (SSSR count). The summed E-state index contributed by atoms with van der Waals surface area (Å²) < 4.78 is 1.90. The first-order valence-electron chi connectivity index (χ1n) is 8.44. The van der Waals surface area contributed by atoms with E-state index in [1.807, 2.05) is 35.9 Å². The summed E-state index contributed by atoms with van der Waals surface area (Å²) in [5, 5.41) is 15.3. The molecule has 0 saturated carbocycles. The van der Waals surface area contributed by atoms with Crippen molar-refractivity contribution in [1.29, 1.82) is 0 Å². The Bertz CT molecular complexity index is 716. The number of nitrogens with zero attached hydrogens (tertiary/aromatic N) is 3. The molecule has 0 aliphatic carbocycles. The van der Waals surface area contributed by atoms with Gasteiger partial charge in [0.2, 0.25) is 0 Å². The Balaban J connectivity index is 0.00000243. The second-order valence-electron chi connectivity index (χ2n) is 6.01. The lowest BCUT2D eigenvalue weighted by molar-refractivity contribution is 0.0950. The topological polar surface area (TPSA) is 71.8 Å². The Morgan fingerprint density at radius 1 is 1.35 bits per heavy atom. The number of nitrogens with one attached hydrogen (secondary N) is 2. The number of benzene rings is 1. The number of hydrogen-bond acceptors (Lipinski definition) is 5. The normalized spacial score (nSPS) is 14.7. The van der Waals surface area contributed by atoms with Crippen LogP contribution in [-0.4, -0.2) is 46.3 Å². The number of aromatic nitrogens is 3. The van der Waals surface area contributed by atoms with Crippen molar-refractivity contribution in [3.05, 3.63) is 40.7 Å². The highest BCUT2D eigenvalue weighted by Crippen LogP contribution is 2.21. The van der Waals surface area contributed by atoms with Crippen LogP contribution in [0.15, 0.2) is 29.2 Å². The van der Waals surface area contributed by atoms with Gasteiger partial charge in [-0.15, -0.1) is 29.3 Å². The summed E-state index contributed by atoms with van der Waals surface area (Å²) in [6.45, 7) is 4.45. The van der Waals surface area contributed by atoms with Gasteiger partial charge in [0.25, 0.3) is 5.91 Å². The fraction of sp³-hybridized carbons (Fsp3) is 0.471. The van der Waals surface area contributed by atoms with Crippen LogP contribution in [0.3, 0.4) is 0 Å². The van der Waals surface area contributed by atoms with E-state index in [1.165, 1.54) is 0 Å². The fourth-order valence-electron chi connectivity index (χ4n) is 2.90. The molecule has 0 unspecified atom stereocenters. The fourth-order valence-corrected chi connectivity index (χ4v) is 3.79. The van der Waals surface area contributed by atoms with Gasteiger partial charge in [0.05, 0.1) is 11.7 Å². The number of amides is 1. The van der Waals surface area contributed by atoms with Crippen LogP contribution in [0.4, 0.5) is 0 Å². The van der Waals surface area contributed by atoms with Crippen molar-refractivity contribution in [2.24, 2.45) is 0 Å². The number of halogens is 2. The van der Waals surface area contributed by atoms with E-state index in [9.17, 15) is 4.79 Å². The predicted molar refractivity (Wildman–Crippen MR) is 108 cm³/mol. The average Bonchev–Trinajstić information content (AvgIpc) is 3.02. The third-order valence-corrected chi connectivity index (χ3v) is 5.53. The van der Waals surface area contributed by atoms with E-state index in [0.29, 0.717) is 18.3 Å². The predicted octanol–water partition coefficient (Wildman–Crippen LogP) is 3.11. The molecule has 0 spiro atoms. The minimum atomic E-state index is -0.158. The Kier molecular flexibility index (Phi) is 8.21. The van der Waals surface area contributed by atoms with E-state index in [2.05, 4.69) is 20.9 Å². The first-order chi connectivity index (χ1) is 12.1. The van der Waals surface area contributed by atoms with Gasteiger partial charge >= 0.3 is 0 Å². The van der Waals surface area contributed by atoms with E-state index in [1.54, 1.807) is 11.8 Å². The first-order valence-corrected chi connectivity index (χ1v) is 9.80. The molecule has 1 saturated heterocycles. The van der Waals surface area contributed by atoms with Crippen LogP contribution >= 0.6 is 35.8 Å². The summed E-state index contributed by atoms with van der Waals surface area (Å²) in [7, 11) is 0. The van der Waals surface area contributed by atoms with Crippen molar-refractivity contribution in [1.82, 2.24) is 25.6 Å². The number of carbonyl (C=O) groups excluding carboxylic acids is 1. The lowest BCUT2D eigenvalue weighted by Gasteiger charge is -2.23. The largest absolute Gasteiger partial charge is 0.350 e. The molecule has 1 aliphatic rings. The third-order valence-electron chi connectivity index (χ3n) is 4.27. The van der Waals surface area contributed by atoms with Gasteiger partial charge in [-0.05, 0) is 57.1 Å². The molecular formula is C17H23Cl2N5OS. The molecular weight excluding hydrogens is 393 g/mol. The second-order valence-corrected chi connectivity index (χ2v) is 7.61. The Morgan fingerprint density at radius 2 is 2.04 bits per heavy atom. The van der Waals surface area contributed by atoms with Gasteiger partial charge in [-0.2, -0.15) is 0 Å². The highest BCUT2D eigenvalue weighted by atomic mass is 35.5. The number of hydrogen-bond donors (Lipinski definition) is 2. The summed E-state index contributed by atoms with van der Waals surface area (Å²) in [6, 6.07) is 8.01. The maximum Gasteiger partial charge on any atom is 0.273 e. The molecule has 26 heavy (non-hydrogen) atoms. The lowest BCUT2D eigenvalue weighted by Crippen LogP contribution is -2.30. The van der Waals surface area contributed by atoms with Crippen molar-refractivity contribution < 1.29 is 4.79 Å². The minimum Gasteiger partial charge on any atom is -0.350 e. The number of piperidine rings is 1. The lowest BCUT2D eigenvalue weighted by atomic mass is 10.1. The van der Waals surface area contributed by atoms with Gasteiger partial charge < -0.3 is 10.6 Å². The highest BCUT2D eigenvalue weighted by molar-refractivity contribution is 7.99. The van der Waals surface area contributed by atoms with Gasteiger partial charge in [-0.3, -0.25) is 4.79 Å². The molecule has 1 aliphatic heterocycles. The summed E-state index contributed by atoms with van der Waals surface area (Å²) >= 11 is 7.55. The number of carbonyl (C=O) groups is 1. The van der Waals surface area contributed by atoms with Crippen molar-refractivity contribution in [2.75, 3.05) is 25.4 Å². The van der Waals surface area contributed by atoms with Gasteiger partial charge in [-0.1, -0.05) is 16.8 Å². The quantitative estimate of drug-likeness (QED) is 0.559. The second kappa shape index (κ2) is 10.2. The highest BCUT2D eigenvalue weighted by Gasteiger charge is 2.22. The van der Waals surface area contributed by atoms with Crippen LogP contribution in [0, 0.1) is 6.92 Å². The SMILES string of the molecule is Cc1c(C(=O)NCCSc2ccc(Cl)cc2)nnn1C1CCNCC1.Cl. The summed E-state index contributed by atoms with van der Waals surface area (Å²) in [5.41, 5.74) is 1.27. The van der Waals surface area contributed by atoms with E-state index < -0.39 is 0 Å². The molecule has 2 aromatic rings. The zero-order valence-corrected chi connectivity index (χ0v) is 17.0. The Labute approximate surface area is 168 Å². The molecule has 0 bridgehead atoms. The molecule has 1 amide bonds. The van der Waals surface area contributed by atoms with Gasteiger partial charge in [0.1, 0.15) is 0 Å². The van der Waals surface area contributed by atoms with Crippen LogP contribution in [0.5, 0.6) is 0 Å². The summed E-state index contributed by atoms with van der Waals surface area (Å²) in [4.78, 5) is 13.5. The van der Waals surface area contributed by atoms with Crippen molar-refractivity contribution in [2.45, 2.75) is 30.7 Å².